The molecule has 3 rings (SSSR count). The van der Waals surface area contributed by atoms with Crippen molar-refractivity contribution in [3.63, 3.8) is 0 Å². The molecule has 3 aromatic rings. The Morgan fingerprint density at radius 2 is 1.86 bits per heavy atom. The summed E-state index contributed by atoms with van der Waals surface area (Å²) in [6, 6.07) is 15.6. The summed E-state index contributed by atoms with van der Waals surface area (Å²) in [5, 5.41) is 5.14. The normalized spacial score (nSPS) is 12.2. The van der Waals surface area contributed by atoms with Crippen molar-refractivity contribution in [2.45, 2.75) is 19.5 Å². The van der Waals surface area contributed by atoms with E-state index in [4.69, 9.17) is 16.3 Å². The number of anilines is 1. The summed E-state index contributed by atoms with van der Waals surface area (Å²) in [6.45, 7) is 2.42. The first-order valence-electron chi connectivity index (χ1n) is 8.90. The topological polar surface area (TPSA) is 41.6 Å². The zero-order valence-corrected chi connectivity index (χ0v) is 16.8. The lowest BCUT2D eigenvalue weighted by Crippen LogP contribution is -2.39. The molecule has 0 spiro atoms. The molecule has 0 aliphatic heterocycles. The first-order chi connectivity index (χ1) is 13.4. The van der Waals surface area contributed by atoms with E-state index < -0.39 is 11.9 Å². The number of nitrogens with zero attached hydrogens (tertiary/aromatic N) is 1. The number of halogens is 2. The molecular formula is C22H22ClFN2O2. The van der Waals surface area contributed by atoms with Crippen LogP contribution in [-0.2, 0) is 11.3 Å². The molecular weight excluding hydrogens is 379 g/mol. The van der Waals surface area contributed by atoms with E-state index in [-0.39, 0.29) is 10.9 Å². The molecule has 6 heteroatoms. The summed E-state index contributed by atoms with van der Waals surface area (Å²) in [7, 11) is 3.53. The molecule has 0 saturated carbocycles. The highest BCUT2D eigenvalue weighted by Crippen LogP contribution is 2.24. The van der Waals surface area contributed by atoms with Crippen LogP contribution >= 0.6 is 11.6 Å². The highest BCUT2D eigenvalue weighted by molar-refractivity contribution is 6.33. The second kappa shape index (κ2) is 8.59. The number of hydrogen-bond acceptors (Lipinski definition) is 3. The van der Waals surface area contributed by atoms with Gasteiger partial charge < -0.3 is 10.1 Å². The van der Waals surface area contributed by atoms with Crippen molar-refractivity contribution in [1.82, 2.24) is 4.90 Å². The van der Waals surface area contributed by atoms with Gasteiger partial charge in [0.05, 0.1) is 23.9 Å². The van der Waals surface area contributed by atoms with Crippen LogP contribution in [-0.4, -0.2) is 31.0 Å². The van der Waals surface area contributed by atoms with Crippen LogP contribution in [0.5, 0.6) is 5.75 Å². The molecule has 0 fully saturated rings. The molecule has 4 nitrogen and oxygen atoms in total. The average molecular weight is 401 g/mol. The van der Waals surface area contributed by atoms with Gasteiger partial charge in [-0.3, -0.25) is 9.69 Å². The number of likely N-dealkylation sites (N-methyl/N-ethyl adjacent to an activating group) is 1. The Hall–Kier alpha value is -2.63. The standard InChI is InChI=1S/C22H22ClFN2O2/c1-14(22(27)25-21-9-7-18(24)12-20(21)23)26(2)13-15-4-5-17-11-19(28-3)8-6-16(17)10-15/h4-12,14H,13H2,1-3H3,(H,25,27)/t14-/m1/s1. The second-order valence-corrected chi connectivity index (χ2v) is 7.16. The Balaban J connectivity index is 1.68. The summed E-state index contributed by atoms with van der Waals surface area (Å²) < 4.78 is 18.4. The van der Waals surface area contributed by atoms with E-state index in [1.54, 1.807) is 7.11 Å². The molecule has 0 radical (unpaired) electrons. The van der Waals surface area contributed by atoms with Crippen LogP contribution in [0.4, 0.5) is 10.1 Å². The van der Waals surface area contributed by atoms with Crippen LogP contribution in [0.25, 0.3) is 10.8 Å². The second-order valence-electron chi connectivity index (χ2n) is 6.75. The fourth-order valence-corrected chi connectivity index (χ4v) is 3.17. The highest BCUT2D eigenvalue weighted by atomic mass is 35.5. The Labute approximate surface area is 168 Å². The molecule has 1 amide bonds. The number of methoxy groups -OCH3 is 1. The van der Waals surface area contributed by atoms with Gasteiger partial charge in [-0.1, -0.05) is 29.8 Å². The third kappa shape index (κ3) is 4.61. The Kier molecular flexibility index (Phi) is 6.17. The SMILES string of the molecule is COc1ccc2cc(CN(C)[C@H](C)C(=O)Nc3ccc(F)cc3Cl)ccc2c1. The summed E-state index contributed by atoms with van der Waals surface area (Å²) in [5.41, 5.74) is 1.49. The van der Waals surface area contributed by atoms with Gasteiger partial charge in [0.1, 0.15) is 11.6 Å². The average Bonchev–Trinajstić information content (AvgIpc) is 2.68. The van der Waals surface area contributed by atoms with E-state index >= 15 is 0 Å². The molecule has 0 aliphatic carbocycles. The fourth-order valence-electron chi connectivity index (χ4n) is 2.95. The smallest absolute Gasteiger partial charge is 0.241 e. The number of carbonyl (C=O) groups is 1. The number of rotatable bonds is 6. The molecule has 0 saturated heterocycles. The van der Waals surface area contributed by atoms with Gasteiger partial charge in [-0.15, -0.1) is 0 Å². The van der Waals surface area contributed by atoms with Crippen LogP contribution in [0.3, 0.4) is 0 Å². The highest BCUT2D eigenvalue weighted by Gasteiger charge is 2.19. The third-order valence-electron chi connectivity index (χ3n) is 4.77. The molecule has 0 aliphatic rings. The van der Waals surface area contributed by atoms with Gasteiger partial charge in [0, 0.05) is 6.54 Å². The van der Waals surface area contributed by atoms with Crippen molar-refractivity contribution in [2.24, 2.45) is 0 Å². The lowest BCUT2D eigenvalue weighted by atomic mass is 10.1. The minimum Gasteiger partial charge on any atom is -0.497 e. The van der Waals surface area contributed by atoms with E-state index in [1.807, 2.05) is 49.2 Å². The minimum atomic E-state index is -0.443. The molecule has 0 unspecified atom stereocenters. The molecule has 0 aromatic heterocycles. The number of carbonyl (C=O) groups excluding carboxylic acids is 1. The number of amides is 1. The van der Waals surface area contributed by atoms with E-state index in [9.17, 15) is 9.18 Å². The van der Waals surface area contributed by atoms with Gasteiger partial charge in [-0.05, 0) is 66.7 Å². The summed E-state index contributed by atoms with van der Waals surface area (Å²) in [6.07, 6.45) is 0. The number of benzene rings is 3. The lowest BCUT2D eigenvalue weighted by molar-refractivity contribution is -0.120. The van der Waals surface area contributed by atoms with Crippen LogP contribution in [0, 0.1) is 5.82 Å². The number of hydrogen-bond donors (Lipinski definition) is 1. The van der Waals surface area contributed by atoms with E-state index in [1.165, 1.54) is 18.2 Å². The van der Waals surface area contributed by atoms with Gasteiger partial charge in [-0.25, -0.2) is 4.39 Å². The predicted molar refractivity (Wildman–Crippen MR) is 111 cm³/mol. The summed E-state index contributed by atoms with van der Waals surface area (Å²) in [4.78, 5) is 14.5. The Bertz CT molecular complexity index is 1010. The van der Waals surface area contributed by atoms with Crippen molar-refractivity contribution < 1.29 is 13.9 Å². The van der Waals surface area contributed by atoms with E-state index in [0.29, 0.717) is 12.2 Å². The maximum Gasteiger partial charge on any atom is 0.241 e. The first-order valence-corrected chi connectivity index (χ1v) is 9.28. The molecule has 0 bridgehead atoms. The maximum atomic E-state index is 13.2. The van der Waals surface area contributed by atoms with Gasteiger partial charge in [0.25, 0.3) is 0 Å². The van der Waals surface area contributed by atoms with Crippen LogP contribution < -0.4 is 10.1 Å². The number of fused-ring (bicyclic) bond motifs is 1. The molecule has 0 heterocycles. The molecule has 3 aromatic carbocycles. The van der Waals surface area contributed by atoms with E-state index in [2.05, 4.69) is 11.4 Å². The quantitative estimate of drug-likeness (QED) is 0.625. The van der Waals surface area contributed by atoms with Gasteiger partial charge in [-0.2, -0.15) is 0 Å². The van der Waals surface area contributed by atoms with Crippen molar-refractivity contribution in [2.75, 3.05) is 19.5 Å². The summed E-state index contributed by atoms with van der Waals surface area (Å²) >= 11 is 5.99. The summed E-state index contributed by atoms with van der Waals surface area (Å²) in [5.74, 6) is 0.172. The molecule has 1 atom stereocenters. The van der Waals surface area contributed by atoms with Crippen molar-refractivity contribution in [1.29, 1.82) is 0 Å². The third-order valence-corrected chi connectivity index (χ3v) is 5.09. The lowest BCUT2D eigenvalue weighted by Gasteiger charge is -2.24. The van der Waals surface area contributed by atoms with Gasteiger partial charge >= 0.3 is 0 Å². The zero-order chi connectivity index (χ0) is 20.3. The number of nitrogens with one attached hydrogen (secondary N) is 1. The van der Waals surface area contributed by atoms with Gasteiger partial charge in [0.2, 0.25) is 5.91 Å². The van der Waals surface area contributed by atoms with Crippen molar-refractivity contribution in [3.8, 4) is 5.75 Å². The van der Waals surface area contributed by atoms with Crippen molar-refractivity contribution >= 4 is 34.0 Å². The molecule has 146 valence electrons. The minimum absolute atomic E-state index is 0.174. The largest absolute Gasteiger partial charge is 0.497 e. The fraction of sp³-hybridized carbons (Fsp3) is 0.227. The maximum absolute atomic E-state index is 13.2. The van der Waals surface area contributed by atoms with Crippen LogP contribution in [0.2, 0.25) is 5.02 Å². The number of ether oxygens (including phenoxy) is 1. The monoisotopic (exact) mass is 400 g/mol. The van der Waals surface area contributed by atoms with Gasteiger partial charge in [0.15, 0.2) is 0 Å². The predicted octanol–water partition coefficient (Wildman–Crippen LogP) is 5.10. The Morgan fingerprint density at radius 3 is 2.57 bits per heavy atom. The van der Waals surface area contributed by atoms with Crippen LogP contribution in [0.15, 0.2) is 54.6 Å². The first kappa shape index (κ1) is 20.1. The molecule has 1 N–H and O–H groups in total. The zero-order valence-electron chi connectivity index (χ0n) is 16.0. The van der Waals surface area contributed by atoms with Crippen LogP contribution in [0.1, 0.15) is 12.5 Å². The molecule has 28 heavy (non-hydrogen) atoms. The van der Waals surface area contributed by atoms with Crippen molar-refractivity contribution in [3.05, 3.63) is 71.0 Å². The van der Waals surface area contributed by atoms with E-state index in [0.717, 1.165) is 22.1 Å². The Morgan fingerprint density at radius 1 is 1.14 bits per heavy atom.